The summed E-state index contributed by atoms with van der Waals surface area (Å²) in [5.41, 5.74) is 0.408. The van der Waals surface area contributed by atoms with E-state index in [1.165, 1.54) is 12.1 Å². The van der Waals surface area contributed by atoms with Crippen LogP contribution in [0.5, 0.6) is 0 Å². The van der Waals surface area contributed by atoms with E-state index in [0.717, 1.165) is 42.2 Å². The molecule has 1 N–H and O–H groups in total. The minimum absolute atomic E-state index is 0.00520. The van der Waals surface area contributed by atoms with Crippen molar-refractivity contribution in [2.24, 2.45) is 5.92 Å². The fraction of sp³-hybridized carbons (Fsp3) is 0.538. The van der Waals surface area contributed by atoms with E-state index in [2.05, 4.69) is 5.32 Å². The van der Waals surface area contributed by atoms with Gasteiger partial charge in [-0.25, -0.2) is 9.69 Å². The van der Waals surface area contributed by atoms with E-state index in [1.54, 1.807) is 26.0 Å². The van der Waals surface area contributed by atoms with Gasteiger partial charge < -0.3 is 10.1 Å². The van der Waals surface area contributed by atoms with E-state index in [9.17, 15) is 28.8 Å². The van der Waals surface area contributed by atoms with Crippen molar-refractivity contribution in [1.29, 1.82) is 0 Å². The number of nitrogens with one attached hydrogen (secondary N) is 1. The molecule has 11 nitrogen and oxygen atoms in total. The molecule has 2 atom stereocenters. The Kier molecular flexibility index (Phi) is 8.01. The number of nitrogens with zero attached hydrogens (tertiary/aromatic N) is 3. The zero-order valence-electron chi connectivity index (χ0n) is 21.1. The number of carbonyl (C=O) groups is 6. The first-order valence-electron chi connectivity index (χ1n) is 12.7. The molecule has 2 fully saturated rings. The minimum Gasteiger partial charge on any atom is -0.442 e. The van der Waals surface area contributed by atoms with Crippen molar-refractivity contribution < 1.29 is 33.5 Å². The van der Waals surface area contributed by atoms with E-state index in [-0.39, 0.29) is 42.3 Å². The normalized spacial score (nSPS) is 21.3. The van der Waals surface area contributed by atoms with E-state index in [0.29, 0.717) is 0 Å². The number of fused-ring (bicyclic) bond motifs is 1. The molecule has 0 radical (unpaired) electrons. The van der Waals surface area contributed by atoms with Gasteiger partial charge >= 0.3 is 5.97 Å². The molecular formula is C26H32N4O7. The number of piperidine rings is 2. The van der Waals surface area contributed by atoms with Gasteiger partial charge in [-0.3, -0.25) is 33.8 Å². The van der Waals surface area contributed by atoms with Crippen molar-refractivity contribution in [3.05, 3.63) is 35.4 Å². The third-order valence-electron chi connectivity index (χ3n) is 7.01. The molecule has 0 aliphatic carbocycles. The molecule has 0 saturated carbocycles. The summed E-state index contributed by atoms with van der Waals surface area (Å²) < 4.78 is 5.29. The van der Waals surface area contributed by atoms with E-state index in [1.807, 2.05) is 4.90 Å². The molecule has 1 aromatic rings. The SMILES string of the molecule is CC(C)[C@H](NC(=O)CN1CCCCC1)C(=O)OCN1C(=O)CCC(N2C(=O)c3ccccc3C2=O)C1=O. The molecule has 5 amide bonds. The quantitative estimate of drug-likeness (QED) is 0.402. The summed E-state index contributed by atoms with van der Waals surface area (Å²) in [7, 11) is 0. The van der Waals surface area contributed by atoms with Crippen molar-refractivity contribution in [3.8, 4) is 0 Å². The zero-order valence-corrected chi connectivity index (χ0v) is 21.1. The van der Waals surface area contributed by atoms with Crippen molar-refractivity contribution in [1.82, 2.24) is 20.0 Å². The minimum atomic E-state index is -1.17. The second-order valence-corrected chi connectivity index (χ2v) is 9.96. The van der Waals surface area contributed by atoms with Gasteiger partial charge in [0.2, 0.25) is 11.8 Å². The Bertz CT molecular complexity index is 1080. The molecule has 1 unspecified atom stereocenters. The number of imide groups is 2. The number of esters is 1. The monoisotopic (exact) mass is 512 g/mol. The largest absolute Gasteiger partial charge is 0.442 e. The highest BCUT2D eigenvalue weighted by molar-refractivity contribution is 6.23. The van der Waals surface area contributed by atoms with Crippen LogP contribution in [0.3, 0.4) is 0 Å². The first-order valence-corrected chi connectivity index (χ1v) is 12.7. The maximum atomic E-state index is 13.2. The summed E-state index contributed by atoms with van der Waals surface area (Å²) in [5, 5.41) is 2.71. The lowest BCUT2D eigenvalue weighted by Gasteiger charge is -2.34. The number of hydrogen-bond donors (Lipinski definition) is 1. The summed E-state index contributed by atoms with van der Waals surface area (Å²) in [5.74, 6) is -3.91. The Morgan fingerprint density at radius 1 is 1.00 bits per heavy atom. The number of benzene rings is 1. The topological polar surface area (TPSA) is 133 Å². The van der Waals surface area contributed by atoms with Gasteiger partial charge in [0.05, 0.1) is 17.7 Å². The van der Waals surface area contributed by atoms with Crippen LogP contribution in [-0.4, -0.2) is 88.7 Å². The van der Waals surface area contributed by atoms with Gasteiger partial charge in [-0.15, -0.1) is 0 Å². The van der Waals surface area contributed by atoms with Gasteiger partial charge in [-0.2, -0.15) is 0 Å². The van der Waals surface area contributed by atoms with Crippen LogP contribution >= 0.6 is 0 Å². The molecular weight excluding hydrogens is 480 g/mol. The Balaban J connectivity index is 1.38. The van der Waals surface area contributed by atoms with Gasteiger partial charge in [0.15, 0.2) is 6.73 Å². The highest BCUT2D eigenvalue weighted by Gasteiger charge is 2.47. The van der Waals surface area contributed by atoms with Crippen LogP contribution in [0.15, 0.2) is 24.3 Å². The fourth-order valence-electron chi connectivity index (χ4n) is 4.94. The highest BCUT2D eigenvalue weighted by atomic mass is 16.5. The third kappa shape index (κ3) is 5.56. The number of amides is 5. The van der Waals surface area contributed by atoms with Gasteiger partial charge in [-0.05, 0) is 50.4 Å². The van der Waals surface area contributed by atoms with Crippen LogP contribution in [0, 0.1) is 5.92 Å². The summed E-state index contributed by atoms with van der Waals surface area (Å²) in [4.78, 5) is 80.4. The maximum absolute atomic E-state index is 13.2. The van der Waals surface area contributed by atoms with Crippen LogP contribution in [0.4, 0.5) is 0 Å². The zero-order chi connectivity index (χ0) is 26.7. The van der Waals surface area contributed by atoms with Gasteiger partial charge in [0.25, 0.3) is 17.7 Å². The lowest BCUT2D eigenvalue weighted by atomic mass is 10.0. The Morgan fingerprint density at radius 3 is 2.22 bits per heavy atom. The molecule has 3 heterocycles. The molecule has 0 aromatic heterocycles. The molecule has 4 rings (SSSR count). The lowest BCUT2D eigenvalue weighted by Crippen LogP contribution is -2.57. The Labute approximate surface area is 215 Å². The van der Waals surface area contributed by atoms with Gasteiger partial charge in [0, 0.05) is 6.42 Å². The maximum Gasteiger partial charge on any atom is 0.330 e. The first-order chi connectivity index (χ1) is 17.7. The second kappa shape index (κ2) is 11.2. The Hall–Kier alpha value is -3.60. The highest BCUT2D eigenvalue weighted by Crippen LogP contribution is 2.29. The molecule has 1 aromatic carbocycles. The number of carbonyl (C=O) groups excluding carboxylic acids is 6. The van der Waals surface area contributed by atoms with Gasteiger partial charge in [0.1, 0.15) is 12.1 Å². The summed E-state index contributed by atoms with van der Waals surface area (Å²) in [6.07, 6.45) is 3.10. The van der Waals surface area contributed by atoms with E-state index < -0.39 is 48.4 Å². The van der Waals surface area contributed by atoms with E-state index in [4.69, 9.17) is 4.74 Å². The van der Waals surface area contributed by atoms with Crippen molar-refractivity contribution in [2.75, 3.05) is 26.4 Å². The number of hydrogen-bond acceptors (Lipinski definition) is 8. The Morgan fingerprint density at radius 2 is 1.62 bits per heavy atom. The summed E-state index contributed by atoms with van der Waals surface area (Å²) in [6.45, 7) is 4.68. The van der Waals surface area contributed by atoms with Crippen LogP contribution in [0.2, 0.25) is 0 Å². The van der Waals surface area contributed by atoms with Crippen LogP contribution in [0.25, 0.3) is 0 Å². The molecule has 198 valence electrons. The average molecular weight is 513 g/mol. The smallest absolute Gasteiger partial charge is 0.330 e. The first kappa shape index (κ1) is 26.5. The van der Waals surface area contributed by atoms with E-state index >= 15 is 0 Å². The van der Waals surface area contributed by atoms with Crippen LogP contribution in [0.1, 0.15) is 66.7 Å². The average Bonchev–Trinajstić information content (AvgIpc) is 3.13. The molecule has 3 aliphatic heterocycles. The summed E-state index contributed by atoms with van der Waals surface area (Å²) in [6, 6.07) is 4.15. The number of rotatable bonds is 8. The second-order valence-electron chi connectivity index (χ2n) is 9.96. The van der Waals surface area contributed by atoms with Crippen molar-refractivity contribution in [2.45, 2.75) is 58.0 Å². The molecule has 11 heteroatoms. The standard InChI is InChI=1S/C26H32N4O7/c1-16(2)22(27-20(31)14-28-12-6-3-7-13-28)26(36)37-15-29-21(32)11-10-19(25(29)35)30-23(33)17-8-4-5-9-18(17)24(30)34/h4-5,8-9,16,19,22H,3,6-7,10-15H2,1-2H3,(H,27,31)/t19?,22-/m0/s1. The third-order valence-corrected chi connectivity index (χ3v) is 7.01. The lowest BCUT2D eigenvalue weighted by molar-refractivity contribution is -0.166. The predicted octanol–water partition coefficient (Wildman–Crippen LogP) is 0.928. The van der Waals surface area contributed by atoms with Crippen molar-refractivity contribution >= 4 is 35.5 Å². The number of ether oxygens (including phenoxy) is 1. The van der Waals surface area contributed by atoms with Crippen molar-refractivity contribution in [3.63, 3.8) is 0 Å². The molecule has 0 spiro atoms. The number of likely N-dealkylation sites (tertiary alicyclic amines) is 2. The molecule has 3 aliphatic rings. The molecule has 37 heavy (non-hydrogen) atoms. The summed E-state index contributed by atoms with van der Waals surface area (Å²) >= 11 is 0. The van der Waals surface area contributed by atoms with Crippen LogP contribution < -0.4 is 5.32 Å². The van der Waals surface area contributed by atoms with Gasteiger partial charge in [-0.1, -0.05) is 32.4 Å². The predicted molar refractivity (Wildman–Crippen MR) is 130 cm³/mol. The molecule has 0 bridgehead atoms. The molecule has 2 saturated heterocycles. The van der Waals surface area contributed by atoms with Crippen LogP contribution in [-0.2, 0) is 23.9 Å². The fourth-order valence-corrected chi connectivity index (χ4v) is 4.94.